The highest BCUT2D eigenvalue weighted by Crippen LogP contribution is 2.28. The first-order valence-corrected chi connectivity index (χ1v) is 7.01. The molecule has 0 heterocycles. The average molecular weight is 263 g/mol. The van der Waals surface area contributed by atoms with Gasteiger partial charge in [-0.25, -0.2) is 0 Å². The molecular formula is C17H29NO. The fourth-order valence-electron chi connectivity index (χ4n) is 2.13. The van der Waals surface area contributed by atoms with E-state index in [9.17, 15) is 0 Å². The molecule has 0 fully saturated rings. The van der Waals surface area contributed by atoms with Crippen LogP contribution in [0.15, 0.2) is 18.2 Å². The number of aryl methyl sites for hydroxylation is 1. The van der Waals surface area contributed by atoms with Gasteiger partial charge < -0.3 is 10.1 Å². The summed E-state index contributed by atoms with van der Waals surface area (Å²) in [5.41, 5.74) is 2.95. The van der Waals surface area contributed by atoms with E-state index in [1.807, 2.05) is 0 Å². The highest BCUT2D eigenvalue weighted by Gasteiger charge is 2.22. The molecule has 0 amide bonds. The first kappa shape index (κ1) is 16.0. The number of rotatable bonds is 5. The Morgan fingerprint density at radius 1 is 1.11 bits per heavy atom. The topological polar surface area (TPSA) is 21.3 Å². The zero-order chi connectivity index (χ0) is 14.7. The number of nitrogens with one attached hydrogen (secondary N) is 1. The normalized spacial score (nSPS) is 12.6. The Kier molecular flexibility index (Phi) is 5.03. The Morgan fingerprint density at radius 2 is 1.74 bits per heavy atom. The van der Waals surface area contributed by atoms with Crippen molar-refractivity contribution in [3.63, 3.8) is 0 Å². The van der Waals surface area contributed by atoms with E-state index in [2.05, 4.69) is 65.1 Å². The molecule has 0 unspecified atom stereocenters. The zero-order valence-corrected chi connectivity index (χ0v) is 13.6. The second-order valence-corrected chi connectivity index (χ2v) is 7.26. The minimum absolute atomic E-state index is 0.161. The molecule has 0 aliphatic carbocycles. The summed E-state index contributed by atoms with van der Waals surface area (Å²) in [6.07, 6.45) is 1.01. The molecule has 0 aliphatic heterocycles. The zero-order valence-electron chi connectivity index (χ0n) is 13.6. The van der Waals surface area contributed by atoms with Crippen molar-refractivity contribution in [1.82, 2.24) is 5.32 Å². The molecule has 0 spiro atoms. The minimum atomic E-state index is 0.161. The lowest BCUT2D eigenvalue weighted by Gasteiger charge is -2.31. The third kappa shape index (κ3) is 5.65. The largest absolute Gasteiger partial charge is 0.496 e. The van der Waals surface area contributed by atoms with Gasteiger partial charge in [-0.05, 0) is 51.2 Å². The maximum atomic E-state index is 5.47. The van der Waals surface area contributed by atoms with Crippen molar-refractivity contribution in [2.24, 2.45) is 5.41 Å². The van der Waals surface area contributed by atoms with Crippen LogP contribution in [-0.2, 0) is 6.42 Å². The number of ether oxygens (including phenoxy) is 1. The van der Waals surface area contributed by atoms with Gasteiger partial charge in [0, 0.05) is 12.1 Å². The monoisotopic (exact) mass is 263 g/mol. The third-order valence-corrected chi connectivity index (χ3v) is 3.20. The molecule has 0 saturated heterocycles. The molecule has 0 aromatic heterocycles. The molecule has 19 heavy (non-hydrogen) atoms. The van der Waals surface area contributed by atoms with Crippen LogP contribution in [0.5, 0.6) is 5.75 Å². The Morgan fingerprint density at radius 3 is 2.26 bits per heavy atom. The van der Waals surface area contributed by atoms with E-state index in [1.165, 1.54) is 11.1 Å². The van der Waals surface area contributed by atoms with E-state index < -0.39 is 0 Å². The number of hydrogen-bond acceptors (Lipinski definition) is 2. The predicted molar refractivity (Wildman–Crippen MR) is 83.0 cm³/mol. The van der Waals surface area contributed by atoms with Crippen LogP contribution < -0.4 is 10.1 Å². The van der Waals surface area contributed by atoms with Crippen molar-refractivity contribution >= 4 is 0 Å². The fourth-order valence-corrected chi connectivity index (χ4v) is 2.13. The Balaban J connectivity index is 2.79. The molecule has 1 N–H and O–H groups in total. The predicted octanol–water partition coefficient (Wildman–Crippen LogP) is 3.96. The highest BCUT2D eigenvalue weighted by atomic mass is 16.5. The lowest BCUT2D eigenvalue weighted by Crippen LogP contribution is -2.42. The lowest BCUT2D eigenvalue weighted by atomic mass is 9.84. The van der Waals surface area contributed by atoms with E-state index >= 15 is 0 Å². The number of benzene rings is 1. The molecule has 0 saturated carbocycles. The summed E-state index contributed by atoms with van der Waals surface area (Å²) < 4.78 is 5.47. The quantitative estimate of drug-likeness (QED) is 0.868. The first-order chi connectivity index (χ1) is 8.63. The van der Waals surface area contributed by atoms with E-state index in [0.29, 0.717) is 0 Å². The summed E-state index contributed by atoms with van der Waals surface area (Å²) in [6, 6.07) is 6.40. The molecule has 0 atom stereocenters. The molecule has 1 rings (SSSR count). The van der Waals surface area contributed by atoms with Crippen molar-refractivity contribution in [1.29, 1.82) is 0 Å². The van der Waals surface area contributed by atoms with Gasteiger partial charge in [-0.1, -0.05) is 31.5 Å². The molecule has 1 aromatic carbocycles. The fraction of sp³-hybridized carbons (Fsp3) is 0.647. The van der Waals surface area contributed by atoms with E-state index in [0.717, 1.165) is 18.7 Å². The molecule has 0 aliphatic rings. The highest BCUT2D eigenvalue weighted by molar-refractivity contribution is 5.37. The van der Waals surface area contributed by atoms with Gasteiger partial charge in [0.1, 0.15) is 5.75 Å². The van der Waals surface area contributed by atoms with Gasteiger partial charge in [0.2, 0.25) is 0 Å². The van der Waals surface area contributed by atoms with Crippen LogP contribution in [-0.4, -0.2) is 19.2 Å². The van der Waals surface area contributed by atoms with Gasteiger partial charge in [0.15, 0.2) is 0 Å². The van der Waals surface area contributed by atoms with Gasteiger partial charge in [-0.2, -0.15) is 0 Å². The second-order valence-electron chi connectivity index (χ2n) is 7.26. The summed E-state index contributed by atoms with van der Waals surface area (Å²) in [5, 5.41) is 3.59. The lowest BCUT2D eigenvalue weighted by molar-refractivity contribution is 0.285. The molecule has 1 aromatic rings. The molecule has 108 valence electrons. The minimum Gasteiger partial charge on any atom is -0.496 e. The van der Waals surface area contributed by atoms with Crippen molar-refractivity contribution < 1.29 is 4.74 Å². The summed E-state index contributed by atoms with van der Waals surface area (Å²) >= 11 is 0. The smallest absolute Gasteiger partial charge is 0.122 e. The molecule has 2 heteroatoms. The number of methoxy groups -OCH3 is 1. The van der Waals surface area contributed by atoms with Gasteiger partial charge in [-0.15, -0.1) is 0 Å². The molecular weight excluding hydrogens is 234 g/mol. The van der Waals surface area contributed by atoms with Crippen molar-refractivity contribution in [3.8, 4) is 5.75 Å². The van der Waals surface area contributed by atoms with Crippen LogP contribution >= 0.6 is 0 Å². The second kappa shape index (κ2) is 5.96. The summed E-state index contributed by atoms with van der Waals surface area (Å²) in [7, 11) is 1.74. The van der Waals surface area contributed by atoms with Crippen molar-refractivity contribution in [2.75, 3.05) is 13.7 Å². The van der Waals surface area contributed by atoms with Gasteiger partial charge >= 0.3 is 0 Å². The first-order valence-electron chi connectivity index (χ1n) is 7.01. The van der Waals surface area contributed by atoms with Crippen LogP contribution in [0.1, 0.15) is 45.7 Å². The SMILES string of the molecule is COc1ccc(C)cc1CC(C)(C)CNC(C)(C)C. The average Bonchev–Trinajstić information content (AvgIpc) is 2.26. The van der Waals surface area contributed by atoms with Gasteiger partial charge in [0.05, 0.1) is 7.11 Å². The standard InChI is InChI=1S/C17H29NO/c1-13-8-9-15(19-7)14(10-13)11-17(5,6)12-18-16(2,3)4/h8-10,18H,11-12H2,1-7H3. The maximum Gasteiger partial charge on any atom is 0.122 e. The summed E-state index contributed by atoms with van der Waals surface area (Å²) in [4.78, 5) is 0. The third-order valence-electron chi connectivity index (χ3n) is 3.20. The van der Waals surface area contributed by atoms with Gasteiger partial charge in [-0.3, -0.25) is 0 Å². The molecule has 2 nitrogen and oxygen atoms in total. The van der Waals surface area contributed by atoms with Crippen LogP contribution in [0.3, 0.4) is 0 Å². The van der Waals surface area contributed by atoms with Crippen molar-refractivity contribution in [2.45, 2.75) is 53.5 Å². The van der Waals surface area contributed by atoms with Crippen LogP contribution in [0.2, 0.25) is 0 Å². The van der Waals surface area contributed by atoms with Crippen LogP contribution in [0.4, 0.5) is 0 Å². The summed E-state index contributed by atoms with van der Waals surface area (Å²) in [5.74, 6) is 0.995. The van der Waals surface area contributed by atoms with Gasteiger partial charge in [0.25, 0.3) is 0 Å². The van der Waals surface area contributed by atoms with Crippen LogP contribution in [0.25, 0.3) is 0 Å². The maximum absolute atomic E-state index is 5.47. The summed E-state index contributed by atoms with van der Waals surface area (Å²) in [6.45, 7) is 14.3. The Hall–Kier alpha value is -1.02. The van der Waals surface area contributed by atoms with E-state index in [-0.39, 0.29) is 11.0 Å². The van der Waals surface area contributed by atoms with Crippen molar-refractivity contribution in [3.05, 3.63) is 29.3 Å². The van der Waals surface area contributed by atoms with E-state index in [1.54, 1.807) is 7.11 Å². The Bertz CT molecular complexity index is 416. The van der Waals surface area contributed by atoms with E-state index in [4.69, 9.17) is 4.74 Å². The molecule has 0 radical (unpaired) electrons. The number of hydrogen-bond donors (Lipinski definition) is 1. The van der Waals surface area contributed by atoms with Crippen LogP contribution in [0, 0.1) is 12.3 Å². The Labute approximate surface area is 118 Å². The molecule has 0 bridgehead atoms.